The van der Waals surface area contributed by atoms with Crippen LogP contribution >= 0.6 is 0 Å². The maximum atomic E-state index is 12.3. The molecule has 3 aliphatic carbocycles. The molecule has 0 N–H and O–H groups in total. The summed E-state index contributed by atoms with van der Waals surface area (Å²) in [5.41, 5.74) is 11.3. The van der Waals surface area contributed by atoms with E-state index in [1.54, 1.807) is 0 Å². The van der Waals surface area contributed by atoms with Crippen molar-refractivity contribution in [3.05, 3.63) is 27.9 Å². The van der Waals surface area contributed by atoms with Crippen molar-refractivity contribution in [2.75, 3.05) is 19.8 Å². The second-order valence-corrected chi connectivity index (χ2v) is 14.7. The Morgan fingerprint density at radius 2 is 1.98 bits per heavy atom. The number of carbonyl (C=O) groups excluding carboxylic acids is 2. The fourth-order valence-electron chi connectivity index (χ4n) is 10.5. The number of fused-ring (bicyclic) bond motifs is 4. The molecule has 3 heterocycles. The molecule has 42 heavy (non-hydrogen) atoms. The molecular weight excluding hydrogens is 534 g/mol. The Labute approximate surface area is 248 Å². The van der Waals surface area contributed by atoms with Crippen LogP contribution in [0, 0.1) is 52.3 Å². The Kier molecular flexibility index (Phi) is 7.51. The lowest BCUT2D eigenvalue weighted by molar-refractivity contribution is -0.272. The first-order valence-electron chi connectivity index (χ1n) is 16.0. The number of nitrogens with zero attached hydrogens (tertiary/aromatic N) is 5. The van der Waals surface area contributed by atoms with Crippen molar-refractivity contribution in [2.45, 2.75) is 98.4 Å². The highest BCUT2D eigenvalue weighted by atomic mass is 16.7. The van der Waals surface area contributed by atoms with Gasteiger partial charge in [-0.05, 0) is 90.0 Å². The van der Waals surface area contributed by atoms with Crippen LogP contribution in [0.2, 0.25) is 0 Å². The molecule has 11 atom stereocenters. The molecule has 4 fully saturated rings. The van der Waals surface area contributed by atoms with E-state index in [1.165, 1.54) is 18.5 Å². The molecule has 0 bridgehead atoms. The van der Waals surface area contributed by atoms with Gasteiger partial charge in [-0.2, -0.15) is 5.10 Å². The number of rotatable bonds is 5. The van der Waals surface area contributed by atoms with Gasteiger partial charge in [0.15, 0.2) is 5.79 Å². The summed E-state index contributed by atoms with van der Waals surface area (Å²) in [6, 6.07) is 0. The van der Waals surface area contributed by atoms with Gasteiger partial charge in [-0.25, -0.2) is 4.68 Å². The number of ether oxygens (including phenoxy) is 3. The largest absolute Gasteiger partial charge is 0.466 e. The van der Waals surface area contributed by atoms with Crippen LogP contribution in [-0.2, 0) is 31.8 Å². The molecule has 2 aliphatic heterocycles. The lowest BCUT2D eigenvalue weighted by Crippen LogP contribution is -2.54. The van der Waals surface area contributed by atoms with Gasteiger partial charge in [0.2, 0.25) is 5.91 Å². The summed E-state index contributed by atoms with van der Waals surface area (Å²) in [5, 5.41) is 8.64. The average molecular weight is 582 g/mol. The molecule has 230 valence electrons. The maximum absolute atomic E-state index is 12.3. The lowest BCUT2D eigenvalue weighted by atomic mass is 9.48. The summed E-state index contributed by atoms with van der Waals surface area (Å²) in [6.07, 6.45) is 8.47. The topological polar surface area (TPSA) is 128 Å². The van der Waals surface area contributed by atoms with Gasteiger partial charge in [0.05, 0.1) is 31.2 Å². The van der Waals surface area contributed by atoms with E-state index in [-0.39, 0.29) is 46.6 Å². The van der Waals surface area contributed by atoms with E-state index < -0.39 is 5.79 Å². The summed E-state index contributed by atoms with van der Waals surface area (Å²) in [6.45, 7) is 13.9. The second kappa shape index (κ2) is 10.6. The quantitative estimate of drug-likeness (QED) is 0.182. The van der Waals surface area contributed by atoms with Gasteiger partial charge >= 0.3 is 5.97 Å². The van der Waals surface area contributed by atoms with Crippen molar-refractivity contribution in [3.63, 3.8) is 0 Å². The van der Waals surface area contributed by atoms with Crippen molar-refractivity contribution >= 4 is 11.9 Å². The molecule has 1 spiro atoms. The van der Waals surface area contributed by atoms with Gasteiger partial charge < -0.3 is 14.2 Å². The van der Waals surface area contributed by atoms with Crippen molar-refractivity contribution in [1.29, 1.82) is 0 Å². The van der Waals surface area contributed by atoms with E-state index in [1.807, 2.05) is 6.20 Å². The molecular formula is C32H47N5O5. The van der Waals surface area contributed by atoms with Crippen LogP contribution in [0.1, 0.15) is 89.7 Å². The van der Waals surface area contributed by atoms with Crippen molar-refractivity contribution < 1.29 is 23.8 Å². The Morgan fingerprint density at radius 1 is 1.19 bits per heavy atom. The van der Waals surface area contributed by atoms with Crippen LogP contribution in [0.3, 0.4) is 0 Å². The Morgan fingerprint density at radius 3 is 2.64 bits per heavy atom. The van der Waals surface area contributed by atoms with Crippen LogP contribution in [-0.4, -0.2) is 53.3 Å². The van der Waals surface area contributed by atoms with Gasteiger partial charge in [0.1, 0.15) is 0 Å². The Balaban J connectivity index is 1.33. The van der Waals surface area contributed by atoms with Crippen molar-refractivity contribution in [2.24, 2.45) is 57.4 Å². The molecule has 1 aromatic heterocycles. The SMILES string of the molecule is CC(=O)OC[C@H]1Cc2c(cnn2C(C)=O)C[C@]1(C)[C@H]1CC[C@]2(C)[C@@H]3[C@H](C[C@H]2[C@@H]1CN=[N+]=[N-])O[C@]1(CCC(C)CO1)[C@H]3C. The maximum Gasteiger partial charge on any atom is 0.302 e. The smallest absolute Gasteiger partial charge is 0.302 e. The normalized spacial score (nSPS) is 44.1. The first-order chi connectivity index (χ1) is 19.9. The zero-order valence-electron chi connectivity index (χ0n) is 26.0. The van der Waals surface area contributed by atoms with Crippen molar-refractivity contribution in [1.82, 2.24) is 9.78 Å². The van der Waals surface area contributed by atoms with Gasteiger partial charge in [-0.15, -0.1) is 0 Å². The minimum Gasteiger partial charge on any atom is -0.466 e. The highest BCUT2D eigenvalue weighted by Gasteiger charge is 2.68. The van der Waals surface area contributed by atoms with Crippen LogP contribution in [0.5, 0.6) is 0 Å². The van der Waals surface area contributed by atoms with E-state index >= 15 is 0 Å². The van der Waals surface area contributed by atoms with Gasteiger partial charge in [-0.3, -0.25) is 9.59 Å². The van der Waals surface area contributed by atoms with Crippen LogP contribution in [0.25, 0.3) is 10.4 Å². The molecule has 2 saturated carbocycles. The fourth-order valence-corrected chi connectivity index (χ4v) is 10.5. The van der Waals surface area contributed by atoms with Crippen molar-refractivity contribution in [3.8, 4) is 0 Å². The van der Waals surface area contributed by atoms with E-state index in [0.717, 1.165) is 56.4 Å². The number of hydrogen-bond donors (Lipinski definition) is 0. The minimum atomic E-state index is -0.468. The third-order valence-corrected chi connectivity index (χ3v) is 12.6. The number of azide groups is 1. The van der Waals surface area contributed by atoms with Gasteiger partial charge in [0.25, 0.3) is 0 Å². The molecule has 0 radical (unpaired) electrons. The number of aromatic nitrogens is 2. The molecule has 6 rings (SSSR count). The highest BCUT2D eigenvalue weighted by Crippen LogP contribution is 2.69. The zero-order valence-corrected chi connectivity index (χ0v) is 26.0. The predicted octanol–water partition coefficient (Wildman–Crippen LogP) is 5.98. The highest BCUT2D eigenvalue weighted by molar-refractivity contribution is 5.76. The molecule has 0 amide bonds. The zero-order chi connectivity index (χ0) is 30.0. The second-order valence-electron chi connectivity index (χ2n) is 14.7. The predicted molar refractivity (Wildman–Crippen MR) is 155 cm³/mol. The first-order valence-corrected chi connectivity index (χ1v) is 16.0. The lowest BCUT2D eigenvalue weighted by Gasteiger charge is -2.57. The van der Waals surface area contributed by atoms with E-state index in [4.69, 9.17) is 14.2 Å². The van der Waals surface area contributed by atoms with Gasteiger partial charge in [0, 0.05) is 43.6 Å². The van der Waals surface area contributed by atoms with Crippen LogP contribution in [0.15, 0.2) is 11.3 Å². The molecule has 10 nitrogen and oxygen atoms in total. The monoisotopic (exact) mass is 581 g/mol. The average Bonchev–Trinajstić information content (AvgIpc) is 3.56. The minimum absolute atomic E-state index is 0.0172. The summed E-state index contributed by atoms with van der Waals surface area (Å²) in [4.78, 5) is 27.5. The van der Waals surface area contributed by atoms with E-state index in [9.17, 15) is 15.1 Å². The third-order valence-electron chi connectivity index (χ3n) is 12.6. The number of carbonyl (C=O) groups is 2. The Hall–Kier alpha value is -2.42. The molecule has 1 aromatic rings. The molecule has 0 aromatic carbocycles. The standard InChI is InChI=1S/C32H47N5O5/c1-18-7-10-32(41-16-18)19(2)29-28(42-32)12-26-24(15-34-36-33)25(8-9-30(26,29)5)31(6)13-22-14-35-37(20(3)38)27(22)11-23(31)17-40-21(4)39/h14,18-19,23-26,28-29H,7-13,15-17H2,1-6H3/t18?,19-,23+,24+,25-,26-,28-,29-,30-,31-,32+/m0/s1. The molecule has 2 saturated heterocycles. The Bertz CT molecular complexity index is 1280. The summed E-state index contributed by atoms with van der Waals surface area (Å²) >= 11 is 0. The summed E-state index contributed by atoms with van der Waals surface area (Å²) in [5.74, 6) is 1.21. The fraction of sp³-hybridized carbons (Fsp3) is 0.844. The third kappa shape index (κ3) is 4.51. The molecule has 10 heteroatoms. The summed E-state index contributed by atoms with van der Waals surface area (Å²) < 4.78 is 20.6. The van der Waals surface area contributed by atoms with E-state index in [0.29, 0.717) is 43.2 Å². The van der Waals surface area contributed by atoms with E-state index in [2.05, 4.69) is 42.8 Å². The van der Waals surface area contributed by atoms with Crippen LogP contribution < -0.4 is 0 Å². The first kappa shape index (κ1) is 29.6. The number of hydrogen-bond acceptors (Lipinski definition) is 7. The molecule has 5 aliphatic rings. The van der Waals surface area contributed by atoms with Gasteiger partial charge in [-0.1, -0.05) is 32.8 Å². The molecule has 1 unspecified atom stereocenters. The number of esters is 1. The van der Waals surface area contributed by atoms with Crippen LogP contribution in [0.4, 0.5) is 0 Å². The summed E-state index contributed by atoms with van der Waals surface area (Å²) in [7, 11) is 0.